The van der Waals surface area contributed by atoms with Crippen LogP contribution < -0.4 is 11.1 Å². The number of thiophene rings is 1. The second kappa shape index (κ2) is 11.1. The van der Waals surface area contributed by atoms with Gasteiger partial charge >= 0.3 is 0 Å². The minimum Gasteiger partial charge on any atom is -0.382 e. The lowest BCUT2D eigenvalue weighted by atomic mass is 9.94. The molecule has 2 atom stereocenters. The van der Waals surface area contributed by atoms with E-state index < -0.39 is 0 Å². The van der Waals surface area contributed by atoms with E-state index in [0.717, 1.165) is 52.9 Å². The number of fused-ring (bicyclic) bond motifs is 3. The van der Waals surface area contributed by atoms with Crippen LogP contribution >= 0.6 is 22.9 Å². The first-order valence-electron chi connectivity index (χ1n) is 13.7. The minimum atomic E-state index is -0.347. The number of anilines is 1. The first-order valence-corrected chi connectivity index (χ1v) is 14.9. The smallest absolute Gasteiger partial charge is 0.262 e. The number of aromatic nitrogens is 4. The van der Waals surface area contributed by atoms with Crippen LogP contribution in [0.4, 0.5) is 10.2 Å². The highest BCUT2D eigenvalue weighted by Crippen LogP contribution is 2.36. The number of nitrogens with two attached hydrogens (primary N) is 1. The van der Waals surface area contributed by atoms with Crippen LogP contribution in [0, 0.1) is 11.7 Å². The van der Waals surface area contributed by atoms with E-state index in [1.807, 2.05) is 28.8 Å². The summed E-state index contributed by atoms with van der Waals surface area (Å²) in [4.78, 5) is 26.3. The van der Waals surface area contributed by atoms with Gasteiger partial charge < -0.3 is 16.0 Å². The zero-order valence-corrected chi connectivity index (χ0v) is 24.3. The van der Waals surface area contributed by atoms with Gasteiger partial charge in [0.25, 0.3) is 5.91 Å². The number of nitrogen functional groups attached to an aromatic ring is 1. The maximum absolute atomic E-state index is 13.6. The van der Waals surface area contributed by atoms with Crippen LogP contribution in [-0.4, -0.2) is 31.8 Å². The quantitative estimate of drug-likeness (QED) is 0.160. The Balaban J connectivity index is 1.17. The molecule has 4 aromatic heterocycles. The molecule has 1 amide bonds. The fourth-order valence-corrected chi connectivity index (χ4v) is 6.85. The summed E-state index contributed by atoms with van der Waals surface area (Å²) in [5, 5.41) is 5.22. The van der Waals surface area contributed by atoms with E-state index in [0.29, 0.717) is 32.3 Å². The van der Waals surface area contributed by atoms with Crippen molar-refractivity contribution in [1.29, 1.82) is 0 Å². The monoisotopic (exact) mass is 588 g/mol. The summed E-state index contributed by atoms with van der Waals surface area (Å²) in [5.74, 6) is 1.19. The molecule has 2 aromatic carbocycles. The van der Waals surface area contributed by atoms with Crippen LogP contribution in [0.25, 0.3) is 37.9 Å². The van der Waals surface area contributed by atoms with Crippen LogP contribution in [0.5, 0.6) is 0 Å². The van der Waals surface area contributed by atoms with E-state index in [1.54, 1.807) is 12.3 Å². The Hall–Kier alpha value is -3.95. The molecule has 0 saturated carbocycles. The number of nitrogens with one attached hydrogen (secondary N) is 2. The molecule has 2 unspecified atom stereocenters. The standard InChI is InChI=1S/C31H30ClFN6OS/c1-3-18(16-36-31(40)28-25(32)21-11-10-20(33)15-24(21)41-28)9-8-17(2)30-38-26(27-29(34)35-12-13-39(27)30)23-14-19-6-4-5-7-22(19)37-23/h4-7,10-15,17-18,37H,3,8-9,16H2,1-2H3,(H2,34,35)(H,36,40). The van der Waals surface area contributed by atoms with Crippen LogP contribution in [-0.2, 0) is 0 Å². The molecule has 0 fully saturated rings. The minimum absolute atomic E-state index is 0.138. The van der Waals surface area contributed by atoms with Crippen molar-refractivity contribution in [1.82, 2.24) is 24.7 Å². The number of carbonyl (C=O) groups is 1. The maximum atomic E-state index is 13.6. The predicted octanol–water partition coefficient (Wildman–Crippen LogP) is 7.81. The fourth-order valence-electron chi connectivity index (χ4n) is 5.39. The number of carbonyl (C=O) groups excluding carboxylic acids is 1. The number of para-hydroxylation sites is 1. The summed E-state index contributed by atoms with van der Waals surface area (Å²) in [6, 6.07) is 14.6. The van der Waals surface area contributed by atoms with Crippen molar-refractivity contribution in [2.45, 2.75) is 39.0 Å². The fraction of sp³-hybridized carbons (Fsp3) is 0.258. The Morgan fingerprint density at radius 3 is 2.85 bits per heavy atom. The largest absolute Gasteiger partial charge is 0.382 e. The molecule has 10 heteroatoms. The van der Waals surface area contributed by atoms with Gasteiger partial charge in [-0.15, -0.1) is 11.3 Å². The van der Waals surface area contributed by atoms with Crippen molar-refractivity contribution in [2.75, 3.05) is 12.3 Å². The molecule has 6 aromatic rings. The Morgan fingerprint density at radius 2 is 2.05 bits per heavy atom. The molecule has 210 valence electrons. The second-order valence-electron chi connectivity index (χ2n) is 10.5. The van der Waals surface area contributed by atoms with E-state index >= 15 is 0 Å². The summed E-state index contributed by atoms with van der Waals surface area (Å²) in [6.07, 6.45) is 6.31. The van der Waals surface area contributed by atoms with Crippen LogP contribution in [0.3, 0.4) is 0 Å². The van der Waals surface area contributed by atoms with E-state index in [2.05, 4.69) is 41.3 Å². The Labute approximate surface area is 245 Å². The molecule has 4 N–H and O–H groups in total. The van der Waals surface area contributed by atoms with Gasteiger partial charge in [-0.1, -0.05) is 50.1 Å². The molecule has 0 bridgehead atoms. The number of hydrogen-bond acceptors (Lipinski definition) is 5. The zero-order valence-electron chi connectivity index (χ0n) is 22.7. The van der Waals surface area contributed by atoms with E-state index in [1.165, 1.54) is 23.5 Å². The number of imidazole rings is 1. The third kappa shape index (κ3) is 5.15. The average Bonchev–Trinajstić information content (AvgIpc) is 3.66. The van der Waals surface area contributed by atoms with Crippen molar-refractivity contribution in [2.24, 2.45) is 5.92 Å². The number of rotatable bonds is 9. The number of nitrogens with zero attached hydrogens (tertiary/aromatic N) is 3. The van der Waals surface area contributed by atoms with Gasteiger partial charge in [0.2, 0.25) is 0 Å². The van der Waals surface area contributed by atoms with Crippen molar-refractivity contribution in [3.63, 3.8) is 0 Å². The second-order valence-corrected chi connectivity index (χ2v) is 11.9. The van der Waals surface area contributed by atoms with E-state index in [-0.39, 0.29) is 23.6 Å². The van der Waals surface area contributed by atoms with Gasteiger partial charge in [0, 0.05) is 45.8 Å². The topological polar surface area (TPSA) is 101 Å². The Bertz CT molecular complexity index is 1860. The van der Waals surface area contributed by atoms with Crippen molar-refractivity contribution in [3.8, 4) is 11.4 Å². The highest BCUT2D eigenvalue weighted by atomic mass is 35.5. The average molecular weight is 589 g/mol. The summed E-state index contributed by atoms with van der Waals surface area (Å²) in [5.41, 5.74) is 9.87. The van der Waals surface area contributed by atoms with Gasteiger partial charge in [-0.3, -0.25) is 9.20 Å². The van der Waals surface area contributed by atoms with Gasteiger partial charge in [-0.2, -0.15) is 0 Å². The summed E-state index contributed by atoms with van der Waals surface area (Å²) in [6.45, 7) is 4.82. The van der Waals surface area contributed by atoms with E-state index in [9.17, 15) is 9.18 Å². The van der Waals surface area contributed by atoms with Crippen molar-refractivity contribution in [3.05, 3.63) is 82.5 Å². The number of hydrogen-bond donors (Lipinski definition) is 3. The number of benzene rings is 2. The first-order chi connectivity index (χ1) is 19.8. The third-order valence-corrected chi connectivity index (χ3v) is 9.43. The number of halogens is 2. The lowest BCUT2D eigenvalue weighted by Gasteiger charge is -2.18. The van der Waals surface area contributed by atoms with E-state index in [4.69, 9.17) is 22.3 Å². The predicted molar refractivity (Wildman–Crippen MR) is 165 cm³/mol. The number of aromatic amines is 1. The lowest BCUT2D eigenvalue weighted by molar-refractivity contribution is 0.0950. The SMILES string of the molecule is CCC(CCC(C)c1nc(-c2cc3ccccc3[nH]2)c2c(N)nccn12)CNC(=O)c1sc2cc(F)ccc2c1Cl. The summed E-state index contributed by atoms with van der Waals surface area (Å²) >= 11 is 7.67. The van der Waals surface area contributed by atoms with Gasteiger partial charge in [0.05, 0.1) is 10.7 Å². The molecule has 6 rings (SSSR count). The number of amides is 1. The molecule has 41 heavy (non-hydrogen) atoms. The Kier molecular flexibility index (Phi) is 7.40. The zero-order chi connectivity index (χ0) is 28.7. The molecule has 0 radical (unpaired) electrons. The molecule has 4 heterocycles. The third-order valence-electron chi connectivity index (χ3n) is 7.77. The van der Waals surface area contributed by atoms with Crippen molar-refractivity contribution >= 4 is 61.2 Å². The van der Waals surface area contributed by atoms with Crippen LogP contribution in [0.15, 0.2) is 60.9 Å². The summed E-state index contributed by atoms with van der Waals surface area (Å²) < 4.78 is 16.3. The molecular formula is C31H30ClFN6OS. The van der Waals surface area contributed by atoms with Crippen molar-refractivity contribution < 1.29 is 9.18 Å². The molecule has 0 aliphatic heterocycles. The molecule has 0 saturated heterocycles. The highest BCUT2D eigenvalue weighted by molar-refractivity contribution is 7.21. The summed E-state index contributed by atoms with van der Waals surface area (Å²) in [7, 11) is 0. The molecular weight excluding hydrogens is 559 g/mol. The highest BCUT2D eigenvalue weighted by Gasteiger charge is 2.23. The van der Waals surface area contributed by atoms with Gasteiger partial charge in [0.1, 0.15) is 33.5 Å². The lowest BCUT2D eigenvalue weighted by Crippen LogP contribution is -2.29. The van der Waals surface area contributed by atoms with Gasteiger partial charge in [0.15, 0.2) is 0 Å². The van der Waals surface area contributed by atoms with Gasteiger partial charge in [-0.25, -0.2) is 14.4 Å². The Morgan fingerprint density at radius 1 is 1.22 bits per heavy atom. The molecule has 7 nitrogen and oxygen atoms in total. The van der Waals surface area contributed by atoms with Crippen LogP contribution in [0.1, 0.15) is 54.5 Å². The van der Waals surface area contributed by atoms with Crippen LogP contribution in [0.2, 0.25) is 5.02 Å². The number of H-pyrrole nitrogens is 1. The normalized spacial score (nSPS) is 13.3. The maximum Gasteiger partial charge on any atom is 0.262 e. The van der Waals surface area contributed by atoms with Gasteiger partial charge in [-0.05, 0) is 49.1 Å². The molecule has 0 aliphatic carbocycles. The first kappa shape index (κ1) is 27.2. The molecule has 0 aliphatic rings. The molecule has 0 spiro atoms.